The Morgan fingerprint density at radius 3 is 2.44 bits per heavy atom. The summed E-state index contributed by atoms with van der Waals surface area (Å²) in [6.07, 6.45) is 3.84. The first-order valence-electron chi connectivity index (χ1n) is 8.48. The molecule has 0 aromatic heterocycles. The lowest BCUT2D eigenvalue weighted by Gasteiger charge is -2.05. The molecule has 0 aliphatic carbocycles. The molecule has 2 aromatic carbocycles. The lowest BCUT2D eigenvalue weighted by molar-refractivity contribution is -0.111. The predicted octanol–water partition coefficient (Wildman–Crippen LogP) is 3.81. The van der Waals surface area contributed by atoms with Gasteiger partial charge >= 0.3 is 5.97 Å². The molecule has 1 N–H and O–H groups in total. The molecular formula is C21H20N2O4. The predicted molar refractivity (Wildman–Crippen MR) is 102 cm³/mol. The van der Waals surface area contributed by atoms with Gasteiger partial charge in [-0.2, -0.15) is 5.26 Å². The fraction of sp³-hybridized carbons (Fsp3) is 0.190. The SMILES string of the molecule is CCCOC(=O)c1ccc(NC(=O)/C=C/c2ccc(OCC#N)cc2)cc1. The molecule has 0 aliphatic heterocycles. The summed E-state index contributed by atoms with van der Waals surface area (Å²) in [5.74, 6) is -0.0753. The number of ether oxygens (including phenoxy) is 2. The highest BCUT2D eigenvalue weighted by atomic mass is 16.5. The minimum atomic E-state index is -0.378. The summed E-state index contributed by atoms with van der Waals surface area (Å²) in [6, 6.07) is 15.4. The molecule has 0 radical (unpaired) electrons. The van der Waals surface area contributed by atoms with Crippen LogP contribution in [0.4, 0.5) is 5.69 Å². The third-order valence-corrected chi connectivity index (χ3v) is 3.44. The van der Waals surface area contributed by atoms with E-state index in [1.54, 1.807) is 54.6 Å². The van der Waals surface area contributed by atoms with E-state index in [2.05, 4.69) is 5.32 Å². The molecule has 0 saturated carbocycles. The fourth-order valence-corrected chi connectivity index (χ4v) is 2.11. The van der Waals surface area contributed by atoms with Gasteiger partial charge in [-0.15, -0.1) is 0 Å². The number of nitrogens with zero attached hydrogens (tertiary/aromatic N) is 1. The second-order valence-corrected chi connectivity index (χ2v) is 5.55. The molecule has 6 heteroatoms. The van der Waals surface area contributed by atoms with Crippen molar-refractivity contribution in [3.63, 3.8) is 0 Å². The number of amides is 1. The Morgan fingerprint density at radius 1 is 1.11 bits per heavy atom. The Bertz CT molecular complexity index is 834. The molecule has 0 aliphatic rings. The third kappa shape index (κ3) is 6.67. The highest BCUT2D eigenvalue weighted by molar-refractivity contribution is 6.02. The van der Waals surface area contributed by atoms with Crippen molar-refractivity contribution in [2.75, 3.05) is 18.5 Å². The first-order chi connectivity index (χ1) is 13.1. The lowest BCUT2D eigenvalue weighted by Crippen LogP contribution is -2.09. The van der Waals surface area contributed by atoms with Crippen LogP contribution in [-0.2, 0) is 9.53 Å². The summed E-state index contributed by atoms with van der Waals surface area (Å²) in [5.41, 5.74) is 1.84. The molecular weight excluding hydrogens is 344 g/mol. The van der Waals surface area contributed by atoms with Gasteiger partial charge in [-0.05, 0) is 54.5 Å². The largest absolute Gasteiger partial charge is 0.479 e. The van der Waals surface area contributed by atoms with Crippen LogP contribution >= 0.6 is 0 Å². The van der Waals surface area contributed by atoms with Crippen molar-refractivity contribution in [2.45, 2.75) is 13.3 Å². The van der Waals surface area contributed by atoms with Crippen LogP contribution in [0.1, 0.15) is 29.3 Å². The van der Waals surface area contributed by atoms with Gasteiger partial charge in [-0.1, -0.05) is 19.1 Å². The third-order valence-electron chi connectivity index (χ3n) is 3.44. The number of hydrogen-bond donors (Lipinski definition) is 1. The molecule has 2 aromatic rings. The van der Waals surface area contributed by atoms with Gasteiger partial charge in [0.15, 0.2) is 6.61 Å². The molecule has 6 nitrogen and oxygen atoms in total. The maximum Gasteiger partial charge on any atom is 0.338 e. The van der Waals surface area contributed by atoms with Crippen molar-refractivity contribution < 1.29 is 19.1 Å². The molecule has 0 atom stereocenters. The molecule has 0 fully saturated rings. The molecule has 138 valence electrons. The van der Waals surface area contributed by atoms with E-state index in [1.165, 1.54) is 6.08 Å². The Hall–Kier alpha value is -3.59. The van der Waals surface area contributed by atoms with Crippen molar-refractivity contribution in [3.05, 3.63) is 65.7 Å². The monoisotopic (exact) mass is 364 g/mol. The first-order valence-corrected chi connectivity index (χ1v) is 8.48. The second-order valence-electron chi connectivity index (χ2n) is 5.55. The van der Waals surface area contributed by atoms with Crippen LogP contribution < -0.4 is 10.1 Å². The average molecular weight is 364 g/mol. The standard InChI is InChI=1S/C21H20N2O4/c1-2-14-27-21(25)17-6-8-18(9-7-17)23-20(24)12-5-16-3-10-19(11-4-16)26-15-13-22/h3-12H,2,14-15H2,1H3,(H,23,24)/b12-5+. The van der Waals surface area contributed by atoms with Crippen LogP contribution in [-0.4, -0.2) is 25.1 Å². The molecule has 1 amide bonds. The Labute approximate surface area is 158 Å². The summed E-state index contributed by atoms with van der Waals surface area (Å²) in [5, 5.41) is 11.2. The number of nitriles is 1. The Balaban J connectivity index is 1.88. The zero-order valence-electron chi connectivity index (χ0n) is 15.0. The topological polar surface area (TPSA) is 88.4 Å². The molecule has 27 heavy (non-hydrogen) atoms. The summed E-state index contributed by atoms with van der Waals surface area (Å²) >= 11 is 0. The van der Waals surface area contributed by atoms with Crippen LogP contribution in [0.5, 0.6) is 5.75 Å². The van der Waals surface area contributed by atoms with Gasteiger partial charge in [0.1, 0.15) is 11.8 Å². The highest BCUT2D eigenvalue weighted by Crippen LogP contribution is 2.14. The van der Waals surface area contributed by atoms with E-state index >= 15 is 0 Å². The number of carbonyl (C=O) groups is 2. The van der Waals surface area contributed by atoms with Gasteiger partial charge in [-0.25, -0.2) is 4.79 Å². The van der Waals surface area contributed by atoms with E-state index in [9.17, 15) is 9.59 Å². The van der Waals surface area contributed by atoms with Crippen molar-refractivity contribution in [1.29, 1.82) is 5.26 Å². The van der Waals surface area contributed by atoms with Gasteiger partial charge in [0.25, 0.3) is 0 Å². The molecule has 2 rings (SSSR count). The number of benzene rings is 2. The minimum absolute atomic E-state index is 0.00723. The maximum atomic E-state index is 12.0. The Morgan fingerprint density at radius 2 is 1.81 bits per heavy atom. The van der Waals surface area contributed by atoms with Gasteiger partial charge < -0.3 is 14.8 Å². The quantitative estimate of drug-likeness (QED) is 0.568. The van der Waals surface area contributed by atoms with Gasteiger partial charge in [0.05, 0.1) is 12.2 Å². The second kappa shape index (κ2) is 10.4. The normalized spacial score (nSPS) is 10.2. The van der Waals surface area contributed by atoms with Crippen molar-refractivity contribution in [3.8, 4) is 11.8 Å². The molecule has 0 bridgehead atoms. The van der Waals surface area contributed by atoms with E-state index in [4.69, 9.17) is 14.7 Å². The van der Waals surface area contributed by atoms with E-state index in [0.29, 0.717) is 23.6 Å². The summed E-state index contributed by atoms with van der Waals surface area (Å²) in [4.78, 5) is 23.7. The average Bonchev–Trinajstić information content (AvgIpc) is 2.70. The zero-order chi connectivity index (χ0) is 19.5. The van der Waals surface area contributed by atoms with Crippen LogP contribution in [0.3, 0.4) is 0 Å². The van der Waals surface area contributed by atoms with Crippen LogP contribution in [0, 0.1) is 11.3 Å². The smallest absolute Gasteiger partial charge is 0.338 e. The van der Waals surface area contributed by atoms with E-state index < -0.39 is 0 Å². The molecule has 0 spiro atoms. The number of hydrogen-bond acceptors (Lipinski definition) is 5. The maximum absolute atomic E-state index is 12.0. The first kappa shape index (κ1) is 19.7. The highest BCUT2D eigenvalue weighted by Gasteiger charge is 2.06. The van der Waals surface area contributed by atoms with Crippen LogP contribution in [0.15, 0.2) is 54.6 Å². The number of anilines is 1. The van der Waals surface area contributed by atoms with Crippen LogP contribution in [0.25, 0.3) is 6.08 Å². The number of carbonyl (C=O) groups excluding carboxylic acids is 2. The lowest BCUT2D eigenvalue weighted by atomic mass is 10.2. The van der Waals surface area contributed by atoms with Crippen molar-refractivity contribution in [2.24, 2.45) is 0 Å². The molecule has 0 unspecified atom stereocenters. The summed E-state index contributed by atoms with van der Waals surface area (Å²) in [7, 11) is 0. The van der Waals surface area contributed by atoms with Crippen molar-refractivity contribution >= 4 is 23.6 Å². The minimum Gasteiger partial charge on any atom is -0.479 e. The van der Waals surface area contributed by atoms with E-state index in [-0.39, 0.29) is 18.5 Å². The van der Waals surface area contributed by atoms with Crippen molar-refractivity contribution in [1.82, 2.24) is 0 Å². The number of esters is 1. The number of rotatable bonds is 8. The molecule has 0 heterocycles. The van der Waals surface area contributed by atoms with E-state index in [0.717, 1.165) is 12.0 Å². The Kier molecular flexibility index (Phi) is 7.61. The van der Waals surface area contributed by atoms with Gasteiger partial charge in [0, 0.05) is 11.8 Å². The van der Waals surface area contributed by atoms with E-state index in [1.807, 2.05) is 13.0 Å². The molecule has 0 saturated heterocycles. The number of nitrogens with one attached hydrogen (secondary N) is 1. The van der Waals surface area contributed by atoms with Crippen LogP contribution in [0.2, 0.25) is 0 Å². The van der Waals surface area contributed by atoms with Gasteiger partial charge in [-0.3, -0.25) is 4.79 Å². The fourth-order valence-electron chi connectivity index (χ4n) is 2.11. The summed E-state index contributed by atoms with van der Waals surface area (Å²) in [6.45, 7) is 2.30. The summed E-state index contributed by atoms with van der Waals surface area (Å²) < 4.78 is 10.2. The zero-order valence-corrected chi connectivity index (χ0v) is 15.0. The van der Waals surface area contributed by atoms with Gasteiger partial charge in [0.2, 0.25) is 5.91 Å².